The fraction of sp³-hybridized carbons (Fsp3) is 0.136. The van der Waals surface area contributed by atoms with Crippen LogP contribution in [0.5, 0.6) is 0 Å². The van der Waals surface area contributed by atoms with Crippen molar-refractivity contribution >= 4 is 22.6 Å². The molecule has 152 valence electrons. The lowest BCUT2D eigenvalue weighted by Crippen LogP contribution is -2.27. The highest BCUT2D eigenvalue weighted by molar-refractivity contribution is 5.91. The third kappa shape index (κ3) is 3.59. The summed E-state index contributed by atoms with van der Waals surface area (Å²) in [7, 11) is 0. The molecule has 0 saturated carbocycles. The van der Waals surface area contributed by atoms with Gasteiger partial charge in [-0.3, -0.25) is 14.3 Å². The summed E-state index contributed by atoms with van der Waals surface area (Å²) in [5.41, 5.74) is 1.39. The minimum Gasteiger partial charge on any atom is -0.322 e. The van der Waals surface area contributed by atoms with Gasteiger partial charge in [0, 0.05) is 12.3 Å². The van der Waals surface area contributed by atoms with E-state index in [0.29, 0.717) is 16.7 Å². The molecule has 0 fully saturated rings. The minimum atomic E-state index is -0.757. The second kappa shape index (κ2) is 7.90. The molecule has 0 bridgehead atoms. The number of nitrogens with one attached hydrogen (secondary N) is 1. The number of nitrogens with zero attached hydrogens (tertiary/aromatic N) is 3. The number of rotatable bonds is 5. The van der Waals surface area contributed by atoms with Crippen molar-refractivity contribution < 1.29 is 13.6 Å². The summed E-state index contributed by atoms with van der Waals surface area (Å²) in [5.74, 6) is -2.05. The second-order valence-electron chi connectivity index (χ2n) is 6.74. The maximum absolute atomic E-state index is 13.9. The van der Waals surface area contributed by atoms with Gasteiger partial charge in [-0.2, -0.15) is 0 Å². The van der Waals surface area contributed by atoms with Crippen LogP contribution in [-0.4, -0.2) is 20.3 Å². The number of hydrogen-bond donors (Lipinski definition) is 1. The van der Waals surface area contributed by atoms with E-state index in [1.54, 1.807) is 24.3 Å². The first-order valence-corrected chi connectivity index (χ1v) is 9.38. The van der Waals surface area contributed by atoms with Gasteiger partial charge in [0.15, 0.2) is 5.65 Å². The quantitative estimate of drug-likeness (QED) is 0.548. The van der Waals surface area contributed by atoms with Gasteiger partial charge in [-0.25, -0.2) is 18.4 Å². The highest BCUT2D eigenvalue weighted by Crippen LogP contribution is 2.17. The van der Waals surface area contributed by atoms with Crippen molar-refractivity contribution in [2.75, 3.05) is 5.32 Å². The molecule has 0 aliphatic heterocycles. The molecule has 4 rings (SSSR count). The van der Waals surface area contributed by atoms with Gasteiger partial charge in [0.1, 0.15) is 18.2 Å². The molecule has 1 amide bonds. The minimum absolute atomic E-state index is 0.273. The Balaban J connectivity index is 1.76. The van der Waals surface area contributed by atoms with Crippen LogP contribution < -0.4 is 10.9 Å². The zero-order valence-corrected chi connectivity index (χ0v) is 16.1. The Morgan fingerprint density at radius 3 is 2.60 bits per heavy atom. The number of hydrogen-bond acceptors (Lipinski definition) is 3. The number of benzene rings is 2. The number of anilines is 1. The van der Waals surface area contributed by atoms with Crippen LogP contribution >= 0.6 is 0 Å². The molecular weight excluding hydrogens is 390 g/mol. The molecule has 0 aliphatic carbocycles. The molecule has 0 aliphatic rings. The van der Waals surface area contributed by atoms with E-state index in [1.165, 1.54) is 15.6 Å². The molecule has 2 heterocycles. The standard InChI is InChI=1S/C22H18F2N4O2/c1-2-14-5-8-16(9-6-14)28-22(30)17-4-3-11-25-21(17)27(28)13-20(29)26-19-12-15(23)7-10-18(19)24/h3-12H,2,13H2,1H3,(H,26,29). The fourth-order valence-electron chi connectivity index (χ4n) is 3.28. The summed E-state index contributed by atoms with van der Waals surface area (Å²) in [6.45, 7) is 1.71. The molecule has 0 radical (unpaired) electrons. The average Bonchev–Trinajstić information content (AvgIpc) is 3.02. The van der Waals surface area contributed by atoms with Crippen molar-refractivity contribution in [1.82, 2.24) is 14.3 Å². The molecule has 2 aromatic heterocycles. The van der Waals surface area contributed by atoms with Gasteiger partial charge in [0.05, 0.1) is 16.8 Å². The smallest absolute Gasteiger partial charge is 0.280 e. The van der Waals surface area contributed by atoms with Crippen molar-refractivity contribution in [3.63, 3.8) is 0 Å². The summed E-state index contributed by atoms with van der Waals surface area (Å²) in [6.07, 6.45) is 2.37. The first-order chi connectivity index (χ1) is 14.5. The third-order valence-corrected chi connectivity index (χ3v) is 4.78. The Labute approximate surface area is 170 Å². The second-order valence-corrected chi connectivity index (χ2v) is 6.74. The van der Waals surface area contributed by atoms with Gasteiger partial charge in [0.25, 0.3) is 5.56 Å². The third-order valence-electron chi connectivity index (χ3n) is 4.78. The normalized spacial score (nSPS) is 11.0. The van der Waals surface area contributed by atoms with Crippen LogP contribution in [0.1, 0.15) is 12.5 Å². The van der Waals surface area contributed by atoms with E-state index < -0.39 is 17.5 Å². The Kier molecular flexibility index (Phi) is 5.14. The van der Waals surface area contributed by atoms with E-state index in [2.05, 4.69) is 10.3 Å². The largest absolute Gasteiger partial charge is 0.322 e. The van der Waals surface area contributed by atoms with Crippen LogP contribution in [0.4, 0.5) is 14.5 Å². The first kappa shape index (κ1) is 19.5. The Bertz CT molecular complexity index is 1290. The van der Waals surface area contributed by atoms with E-state index in [4.69, 9.17) is 0 Å². The maximum Gasteiger partial charge on any atom is 0.280 e. The number of aryl methyl sites for hydroxylation is 1. The molecule has 30 heavy (non-hydrogen) atoms. The van der Waals surface area contributed by atoms with Crippen LogP contribution in [0.2, 0.25) is 0 Å². The Morgan fingerprint density at radius 2 is 1.87 bits per heavy atom. The zero-order chi connectivity index (χ0) is 21.3. The highest BCUT2D eigenvalue weighted by Gasteiger charge is 2.18. The van der Waals surface area contributed by atoms with E-state index in [1.807, 2.05) is 19.1 Å². The number of aromatic nitrogens is 3. The van der Waals surface area contributed by atoms with Gasteiger partial charge in [0.2, 0.25) is 5.91 Å². The SMILES string of the molecule is CCc1ccc(-n2c(=O)c3cccnc3n2CC(=O)Nc2cc(F)ccc2F)cc1. The number of fused-ring (bicyclic) bond motifs is 1. The van der Waals surface area contributed by atoms with E-state index >= 15 is 0 Å². The van der Waals surface area contributed by atoms with E-state index in [9.17, 15) is 18.4 Å². The van der Waals surface area contributed by atoms with Crippen LogP contribution in [0.15, 0.2) is 65.6 Å². The van der Waals surface area contributed by atoms with Gasteiger partial charge in [-0.1, -0.05) is 19.1 Å². The van der Waals surface area contributed by atoms with Crippen molar-refractivity contribution in [3.8, 4) is 5.69 Å². The lowest BCUT2D eigenvalue weighted by atomic mass is 10.1. The Hall–Kier alpha value is -3.81. The van der Waals surface area contributed by atoms with Crippen LogP contribution in [0.25, 0.3) is 16.7 Å². The monoisotopic (exact) mass is 408 g/mol. The van der Waals surface area contributed by atoms with Crippen LogP contribution in [0, 0.1) is 11.6 Å². The van der Waals surface area contributed by atoms with E-state index in [-0.39, 0.29) is 17.8 Å². The fourth-order valence-corrected chi connectivity index (χ4v) is 3.28. The maximum atomic E-state index is 13.9. The molecule has 0 unspecified atom stereocenters. The summed E-state index contributed by atoms with van der Waals surface area (Å²) in [5, 5.41) is 2.70. The van der Waals surface area contributed by atoms with Gasteiger partial charge >= 0.3 is 0 Å². The molecular formula is C22H18F2N4O2. The summed E-state index contributed by atoms with van der Waals surface area (Å²) in [4.78, 5) is 29.9. The molecule has 2 aromatic carbocycles. The molecule has 1 N–H and O–H groups in total. The molecule has 6 nitrogen and oxygen atoms in total. The van der Waals surface area contributed by atoms with E-state index in [0.717, 1.165) is 30.2 Å². The van der Waals surface area contributed by atoms with Crippen molar-refractivity contribution in [2.24, 2.45) is 0 Å². The van der Waals surface area contributed by atoms with Crippen molar-refractivity contribution in [1.29, 1.82) is 0 Å². The first-order valence-electron chi connectivity index (χ1n) is 9.38. The average molecular weight is 408 g/mol. The number of pyridine rings is 1. The number of carbonyl (C=O) groups is 1. The summed E-state index contributed by atoms with van der Waals surface area (Å²) < 4.78 is 30.1. The van der Waals surface area contributed by atoms with Crippen LogP contribution in [0.3, 0.4) is 0 Å². The lowest BCUT2D eigenvalue weighted by Gasteiger charge is -2.13. The zero-order valence-electron chi connectivity index (χ0n) is 16.1. The number of halogens is 2. The molecule has 4 aromatic rings. The number of amides is 1. The van der Waals surface area contributed by atoms with Gasteiger partial charge in [-0.05, 0) is 48.4 Å². The lowest BCUT2D eigenvalue weighted by molar-refractivity contribution is -0.117. The van der Waals surface area contributed by atoms with Crippen LogP contribution in [-0.2, 0) is 17.8 Å². The predicted octanol–water partition coefficient (Wildman–Crippen LogP) is 3.67. The van der Waals surface area contributed by atoms with Crippen molar-refractivity contribution in [3.05, 3.63) is 88.3 Å². The topological polar surface area (TPSA) is 68.9 Å². The summed E-state index contributed by atoms with van der Waals surface area (Å²) >= 11 is 0. The highest BCUT2D eigenvalue weighted by atomic mass is 19.1. The molecule has 0 spiro atoms. The van der Waals surface area contributed by atoms with Gasteiger partial charge < -0.3 is 5.32 Å². The number of carbonyl (C=O) groups excluding carboxylic acids is 1. The Morgan fingerprint density at radius 1 is 1.10 bits per heavy atom. The molecule has 8 heteroatoms. The molecule has 0 saturated heterocycles. The molecule has 0 atom stereocenters. The van der Waals surface area contributed by atoms with Crippen molar-refractivity contribution in [2.45, 2.75) is 19.9 Å². The summed E-state index contributed by atoms with van der Waals surface area (Å²) in [6, 6.07) is 13.5. The van der Waals surface area contributed by atoms with Gasteiger partial charge in [-0.15, -0.1) is 0 Å². The predicted molar refractivity (Wildman–Crippen MR) is 110 cm³/mol.